The molecular formula is C29H26FN3O3S. The van der Waals surface area contributed by atoms with E-state index >= 15 is 0 Å². The third kappa shape index (κ3) is 5.84. The van der Waals surface area contributed by atoms with Gasteiger partial charge in [0.2, 0.25) is 5.91 Å². The highest BCUT2D eigenvalue weighted by molar-refractivity contribution is 8.05. The van der Waals surface area contributed by atoms with Gasteiger partial charge in [-0.1, -0.05) is 60.3 Å². The molecule has 8 heteroatoms. The molecule has 0 saturated carbocycles. The number of hydrogen-bond acceptors (Lipinski definition) is 5. The Balaban J connectivity index is 1.70. The first-order valence-electron chi connectivity index (χ1n) is 11.9. The maximum atomic E-state index is 14.4. The van der Waals surface area contributed by atoms with Gasteiger partial charge in [0.05, 0.1) is 17.9 Å². The van der Waals surface area contributed by atoms with E-state index in [1.54, 1.807) is 42.5 Å². The number of carbonyl (C=O) groups excluding carboxylic acids is 2. The Bertz CT molecular complexity index is 1350. The Kier molecular flexibility index (Phi) is 8.26. The fourth-order valence-electron chi connectivity index (χ4n) is 4.04. The van der Waals surface area contributed by atoms with E-state index in [9.17, 15) is 19.2 Å². The minimum absolute atomic E-state index is 0.119. The van der Waals surface area contributed by atoms with Crippen molar-refractivity contribution in [2.45, 2.75) is 31.6 Å². The molecule has 2 amide bonds. The van der Waals surface area contributed by atoms with Crippen molar-refractivity contribution in [2.75, 3.05) is 11.5 Å². The summed E-state index contributed by atoms with van der Waals surface area (Å²) in [5.74, 6) is -0.689. The van der Waals surface area contributed by atoms with Gasteiger partial charge in [0.1, 0.15) is 28.2 Å². The summed E-state index contributed by atoms with van der Waals surface area (Å²) < 4.78 is 19.9. The van der Waals surface area contributed by atoms with Gasteiger partial charge in [0, 0.05) is 5.69 Å². The molecule has 1 aliphatic heterocycles. The number of rotatable bonds is 8. The first-order chi connectivity index (χ1) is 17.9. The molecular weight excluding hydrogens is 489 g/mol. The minimum Gasteiger partial charge on any atom is -0.494 e. The number of halogens is 1. The second kappa shape index (κ2) is 11.8. The highest BCUT2D eigenvalue weighted by Gasteiger charge is 2.41. The lowest BCUT2D eigenvalue weighted by Crippen LogP contribution is -2.33. The van der Waals surface area contributed by atoms with Crippen molar-refractivity contribution in [1.29, 1.82) is 5.26 Å². The number of carbonyl (C=O) groups is 2. The Hall–Kier alpha value is -4.09. The summed E-state index contributed by atoms with van der Waals surface area (Å²) in [5, 5.41) is 12.4. The number of thioether (sulfide) groups is 1. The maximum absolute atomic E-state index is 14.4. The number of amides is 2. The summed E-state index contributed by atoms with van der Waals surface area (Å²) in [4.78, 5) is 28.2. The van der Waals surface area contributed by atoms with Crippen molar-refractivity contribution in [3.63, 3.8) is 0 Å². The maximum Gasteiger partial charge on any atom is 0.265 e. The molecule has 2 atom stereocenters. The van der Waals surface area contributed by atoms with Crippen LogP contribution in [-0.4, -0.2) is 23.7 Å². The number of nitrogens with one attached hydrogen (secondary N) is 1. The average Bonchev–Trinajstić information content (AvgIpc) is 3.22. The molecule has 1 N–H and O–H groups in total. The zero-order valence-electron chi connectivity index (χ0n) is 20.5. The number of hydrogen-bond donors (Lipinski definition) is 1. The van der Waals surface area contributed by atoms with Gasteiger partial charge in [-0.2, -0.15) is 5.26 Å². The van der Waals surface area contributed by atoms with Gasteiger partial charge in [-0.25, -0.2) is 4.39 Å². The Labute approximate surface area is 219 Å². The molecule has 0 bridgehead atoms. The summed E-state index contributed by atoms with van der Waals surface area (Å²) in [6.07, 6.45) is 0.119. The number of anilines is 1. The van der Waals surface area contributed by atoms with Crippen LogP contribution in [0.4, 0.5) is 10.1 Å². The number of benzene rings is 3. The van der Waals surface area contributed by atoms with E-state index in [4.69, 9.17) is 4.74 Å². The van der Waals surface area contributed by atoms with E-state index in [1.807, 2.05) is 50.2 Å². The van der Waals surface area contributed by atoms with Crippen LogP contribution >= 0.6 is 11.8 Å². The second-order valence-corrected chi connectivity index (χ2v) is 9.59. The Morgan fingerprint density at radius 1 is 1.11 bits per heavy atom. The summed E-state index contributed by atoms with van der Waals surface area (Å²) in [6, 6.07) is 24.2. The fraction of sp³-hybridized carbons (Fsp3) is 0.207. The topological polar surface area (TPSA) is 82.4 Å². The highest BCUT2D eigenvalue weighted by atomic mass is 32.2. The summed E-state index contributed by atoms with van der Waals surface area (Å²) in [7, 11) is 0. The van der Waals surface area contributed by atoms with Crippen LogP contribution < -0.4 is 15.0 Å². The van der Waals surface area contributed by atoms with Crippen molar-refractivity contribution < 1.29 is 18.7 Å². The first-order valence-corrected chi connectivity index (χ1v) is 12.8. The molecule has 1 saturated heterocycles. The van der Waals surface area contributed by atoms with Crippen LogP contribution in [0.1, 0.15) is 31.0 Å². The zero-order valence-corrected chi connectivity index (χ0v) is 21.3. The van der Waals surface area contributed by atoms with Crippen LogP contribution in [0.5, 0.6) is 5.75 Å². The number of nitriles is 1. The van der Waals surface area contributed by atoms with Crippen LogP contribution in [0.2, 0.25) is 0 Å². The predicted octanol–water partition coefficient (Wildman–Crippen LogP) is 5.53. The van der Waals surface area contributed by atoms with E-state index < -0.39 is 17.0 Å². The molecule has 0 aromatic heterocycles. The molecule has 0 spiro atoms. The average molecular weight is 516 g/mol. The molecule has 2 unspecified atom stereocenters. The van der Waals surface area contributed by atoms with E-state index in [0.29, 0.717) is 23.6 Å². The molecule has 1 aliphatic rings. The first kappa shape index (κ1) is 26.0. The SMILES string of the molecule is CCOc1ccc(N2C(=O)C(Cc3ccccc3F)S/C2=C(/C#N)C(=O)NC(C)c2ccccc2)cc1. The molecule has 0 aliphatic carbocycles. The number of ether oxygens (including phenoxy) is 1. The Morgan fingerprint density at radius 3 is 2.43 bits per heavy atom. The van der Waals surface area contributed by atoms with Crippen molar-refractivity contribution >= 4 is 29.3 Å². The minimum atomic E-state index is -0.707. The molecule has 0 radical (unpaired) electrons. The van der Waals surface area contributed by atoms with Crippen molar-refractivity contribution in [2.24, 2.45) is 0 Å². The molecule has 188 valence electrons. The van der Waals surface area contributed by atoms with E-state index in [-0.39, 0.29) is 29.0 Å². The lowest BCUT2D eigenvalue weighted by Gasteiger charge is -2.20. The molecule has 1 fully saturated rings. The molecule has 3 aromatic rings. The van der Waals surface area contributed by atoms with Gasteiger partial charge < -0.3 is 10.1 Å². The monoisotopic (exact) mass is 515 g/mol. The molecule has 6 nitrogen and oxygen atoms in total. The third-order valence-electron chi connectivity index (χ3n) is 5.92. The van der Waals surface area contributed by atoms with E-state index in [0.717, 1.165) is 17.3 Å². The van der Waals surface area contributed by atoms with Crippen LogP contribution in [0.15, 0.2) is 89.5 Å². The molecule has 3 aromatic carbocycles. The normalized spacial score (nSPS) is 17.2. The van der Waals surface area contributed by atoms with Crippen LogP contribution in [-0.2, 0) is 16.0 Å². The van der Waals surface area contributed by atoms with Gasteiger partial charge >= 0.3 is 0 Å². The van der Waals surface area contributed by atoms with Gasteiger partial charge in [-0.05, 0) is 61.7 Å². The van der Waals surface area contributed by atoms with Gasteiger partial charge in [-0.3, -0.25) is 14.5 Å². The summed E-state index contributed by atoms with van der Waals surface area (Å²) in [6.45, 7) is 4.19. The lowest BCUT2D eigenvalue weighted by atomic mass is 10.1. The highest BCUT2D eigenvalue weighted by Crippen LogP contribution is 2.42. The second-order valence-electron chi connectivity index (χ2n) is 8.40. The quantitative estimate of drug-likeness (QED) is 0.315. The molecule has 4 rings (SSSR count). The van der Waals surface area contributed by atoms with E-state index in [1.165, 1.54) is 11.0 Å². The molecule has 37 heavy (non-hydrogen) atoms. The summed E-state index contributed by atoms with van der Waals surface area (Å²) in [5.41, 5.74) is 1.59. The smallest absolute Gasteiger partial charge is 0.265 e. The van der Waals surface area contributed by atoms with Crippen molar-refractivity contribution in [3.05, 3.63) is 106 Å². The lowest BCUT2D eigenvalue weighted by molar-refractivity contribution is -0.117. The van der Waals surface area contributed by atoms with Gasteiger partial charge in [0.15, 0.2) is 0 Å². The van der Waals surface area contributed by atoms with Gasteiger partial charge in [-0.15, -0.1) is 0 Å². The molecule has 1 heterocycles. The van der Waals surface area contributed by atoms with Gasteiger partial charge in [0.25, 0.3) is 5.91 Å². The van der Waals surface area contributed by atoms with Crippen LogP contribution in [0.25, 0.3) is 0 Å². The Morgan fingerprint density at radius 2 is 1.78 bits per heavy atom. The third-order valence-corrected chi connectivity index (χ3v) is 7.18. The fourth-order valence-corrected chi connectivity index (χ4v) is 5.33. The van der Waals surface area contributed by atoms with Crippen LogP contribution in [0.3, 0.4) is 0 Å². The largest absolute Gasteiger partial charge is 0.494 e. The standard InChI is InChI=1S/C29H26FN3O3S/c1-3-36-23-15-13-22(14-16-23)33-28(35)26(17-21-11-7-8-12-25(21)30)37-29(33)24(18-31)27(34)32-19(2)20-9-5-4-6-10-20/h4-16,19,26H,3,17H2,1-2H3,(H,32,34)/b29-24-. The van der Waals surface area contributed by atoms with E-state index in [2.05, 4.69) is 5.32 Å². The van der Waals surface area contributed by atoms with Crippen LogP contribution in [0, 0.1) is 17.1 Å². The predicted molar refractivity (Wildman–Crippen MR) is 142 cm³/mol. The van der Waals surface area contributed by atoms with Crippen molar-refractivity contribution in [3.8, 4) is 11.8 Å². The van der Waals surface area contributed by atoms with Crippen molar-refractivity contribution in [1.82, 2.24) is 5.32 Å². The zero-order chi connectivity index (χ0) is 26.4. The summed E-state index contributed by atoms with van der Waals surface area (Å²) >= 11 is 1.10. The number of nitrogens with zero attached hydrogens (tertiary/aromatic N) is 2.